The average Bonchev–Trinajstić information content (AvgIpc) is 3.35. The van der Waals surface area contributed by atoms with E-state index in [1.165, 1.54) is 24.8 Å². The molecule has 8 heteroatoms. The van der Waals surface area contributed by atoms with Gasteiger partial charge in [0.1, 0.15) is 18.2 Å². The van der Waals surface area contributed by atoms with Gasteiger partial charge in [-0.2, -0.15) is 9.97 Å². The Bertz CT molecular complexity index is 1310. The summed E-state index contributed by atoms with van der Waals surface area (Å²) >= 11 is 0. The second-order valence-corrected chi connectivity index (χ2v) is 11.2. The molecule has 5 aliphatic rings. The number of nitrogens with one attached hydrogen (secondary N) is 1. The van der Waals surface area contributed by atoms with Crippen LogP contribution in [0.3, 0.4) is 0 Å². The number of hydrogen-bond acceptors (Lipinski definition) is 8. The second kappa shape index (κ2) is 9.33. The molecule has 6 heterocycles. The molecule has 194 valence electrons. The van der Waals surface area contributed by atoms with E-state index in [2.05, 4.69) is 45.3 Å². The highest BCUT2D eigenvalue weighted by Gasteiger charge is 2.37. The molecule has 0 spiro atoms. The highest BCUT2D eigenvalue weighted by Crippen LogP contribution is 2.38. The smallest absolute Gasteiger partial charge is 0.318 e. The molecule has 0 radical (unpaired) electrons. The summed E-state index contributed by atoms with van der Waals surface area (Å²) < 4.78 is 6.30. The maximum absolute atomic E-state index is 10.5. The van der Waals surface area contributed by atoms with Crippen molar-refractivity contribution in [1.82, 2.24) is 20.2 Å². The van der Waals surface area contributed by atoms with Crippen molar-refractivity contribution in [2.24, 2.45) is 0 Å². The van der Waals surface area contributed by atoms with E-state index in [1.807, 2.05) is 18.2 Å². The molecule has 2 aromatic carbocycles. The van der Waals surface area contributed by atoms with Crippen molar-refractivity contribution < 1.29 is 9.84 Å². The molecule has 0 amide bonds. The summed E-state index contributed by atoms with van der Waals surface area (Å²) in [5, 5.41) is 16.3. The molecule has 2 N–H and O–H groups in total. The molecule has 0 aliphatic carbocycles. The van der Waals surface area contributed by atoms with Crippen LogP contribution in [0.25, 0.3) is 10.8 Å². The van der Waals surface area contributed by atoms with Crippen LogP contribution in [0.5, 0.6) is 11.8 Å². The molecule has 37 heavy (non-hydrogen) atoms. The summed E-state index contributed by atoms with van der Waals surface area (Å²) in [6, 6.07) is 13.9. The molecule has 4 saturated heterocycles. The normalized spacial score (nSPS) is 25.6. The van der Waals surface area contributed by atoms with E-state index < -0.39 is 0 Å². The van der Waals surface area contributed by atoms with E-state index in [1.54, 1.807) is 0 Å². The molecule has 2 bridgehead atoms. The van der Waals surface area contributed by atoms with Crippen LogP contribution in [0, 0.1) is 0 Å². The van der Waals surface area contributed by atoms with Crippen LogP contribution in [0.2, 0.25) is 0 Å². The van der Waals surface area contributed by atoms with Gasteiger partial charge in [-0.05, 0) is 57.1 Å². The number of hydrogen-bond donors (Lipinski definition) is 2. The van der Waals surface area contributed by atoms with Crippen molar-refractivity contribution in [3.05, 3.63) is 47.7 Å². The molecule has 8 rings (SSSR count). The minimum absolute atomic E-state index is 0.296. The second-order valence-electron chi connectivity index (χ2n) is 11.2. The molecule has 4 fully saturated rings. The number of piperazine rings is 1. The lowest BCUT2D eigenvalue weighted by Crippen LogP contribution is -2.61. The maximum atomic E-state index is 10.5. The number of aromatic nitrogens is 2. The first kappa shape index (κ1) is 23.0. The first-order valence-corrected chi connectivity index (χ1v) is 13.8. The fourth-order valence-electron chi connectivity index (χ4n) is 6.76. The van der Waals surface area contributed by atoms with E-state index in [9.17, 15) is 5.11 Å². The minimum atomic E-state index is 0.296. The van der Waals surface area contributed by atoms with Gasteiger partial charge in [0.15, 0.2) is 0 Å². The lowest BCUT2D eigenvalue weighted by Gasteiger charge is -2.47. The average molecular weight is 501 g/mol. The Hall–Kier alpha value is -3.10. The minimum Gasteiger partial charge on any atom is -0.508 e. The van der Waals surface area contributed by atoms with E-state index in [0.717, 1.165) is 67.0 Å². The maximum Gasteiger partial charge on any atom is 0.318 e. The summed E-state index contributed by atoms with van der Waals surface area (Å²) in [4.78, 5) is 17.3. The monoisotopic (exact) mass is 500 g/mol. The van der Waals surface area contributed by atoms with Gasteiger partial charge in [0.05, 0.1) is 12.2 Å². The van der Waals surface area contributed by atoms with E-state index >= 15 is 0 Å². The zero-order chi connectivity index (χ0) is 24.9. The molecule has 0 saturated carbocycles. The zero-order valence-corrected chi connectivity index (χ0v) is 21.6. The molecule has 8 nitrogen and oxygen atoms in total. The number of ether oxygens (including phenoxy) is 1. The van der Waals surface area contributed by atoms with Gasteiger partial charge in [0, 0.05) is 60.5 Å². The summed E-state index contributed by atoms with van der Waals surface area (Å²) in [7, 11) is 2.18. The van der Waals surface area contributed by atoms with Gasteiger partial charge in [-0.15, -0.1) is 0 Å². The summed E-state index contributed by atoms with van der Waals surface area (Å²) in [5.74, 6) is 1.38. The SMILES string of the molecule is CN1CCC[C@H]1COc1nc2c(c(N3CC4CCC3CN4)n1)CCN(c1cc(O)cc3ccccc13)C2. The van der Waals surface area contributed by atoms with Crippen LogP contribution in [0.4, 0.5) is 11.5 Å². The van der Waals surface area contributed by atoms with Crippen LogP contribution in [0.1, 0.15) is 36.9 Å². The number of phenolic OH excluding ortho intramolecular Hbond substituents is 1. The number of fused-ring (bicyclic) bond motifs is 5. The van der Waals surface area contributed by atoms with E-state index in [-0.39, 0.29) is 0 Å². The van der Waals surface area contributed by atoms with Gasteiger partial charge in [-0.1, -0.05) is 24.3 Å². The van der Waals surface area contributed by atoms with Gasteiger partial charge in [0.2, 0.25) is 0 Å². The van der Waals surface area contributed by atoms with Crippen LogP contribution >= 0.6 is 0 Å². The molecule has 3 aromatic rings. The van der Waals surface area contributed by atoms with Crippen molar-refractivity contribution in [2.45, 2.75) is 56.8 Å². The standard InChI is InChI=1S/C29H36N6O2/c1-33-11-4-6-22(33)18-37-29-31-26-17-34(27-14-23(36)13-19-5-2-3-7-24(19)27)12-10-25(26)28(32-29)35-16-20-8-9-21(35)15-30-20/h2-3,5,7,13-14,20-22,30,36H,4,6,8-12,15-18H2,1H3/t20?,21?,22-/m0/s1. The number of likely N-dealkylation sites (tertiary alicyclic amines) is 1. The summed E-state index contributed by atoms with van der Waals surface area (Å²) in [6.45, 7) is 5.32. The topological polar surface area (TPSA) is 77.0 Å². The third-order valence-corrected chi connectivity index (χ3v) is 8.88. The fraction of sp³-hybridized carbons (Fsp3) is 0.517. The van der Waals surface area contributed by atoms with Crippen molar-refractivity contribution in [3.63, 3.8) is 0 Å². The van der Waals surface area contributed by atoms with Crippen molar-refractivity contribution in [2.75, 3.05) is 49.6 Å². The Kier molecular flexibility index (Phi) is 5.81. The first-order valence-electron chi connectivity index (χ1n) is 13.8. The number of aromatic hydroxyl groups is 1. The molecule has 3 atom stereocenters. The molecule has 1 aromatic heterocycles. The van der Waals surface area contributed by atoms with Crippen LogP contribution in [-0.2, 0) is 13.0 Å². The van der Waals surface area contributed by atoms with Crippen molar-refractivity contribution in [3.8, 4) is 11.8 Å². The van der Waals surface area contributed by atoms with E-state index in [0.29, 0.717) is 43.0 Å². The molecular formula is C29H36N6O2. The fourth-order valence-corrected chi connectivity index (χ4v) is 6.76. The highest BCUT2D eigenvalue weighted by molar-refractivity contribution is 5.95. The van der Waals surface area contributed by atoms with Gasteiger partial charge in [-0.25, -0.2) is 0 Å². The lowest BCUT2D eigenvalue weighted by molar-refractivity contribution is 0.187. The summed E-state index contributed by atoms with van der Waals surface area (Å²) in [5.41, 5.74) is 3.36. The number of likely N-dealkylation sites (N-methyl/N-ethyl adjacent to an activating group) is 1. The Balaban J connectivity index is 1.24. The van der Waals surface area contributed by atoms with Gasteiger partial charge < -0.3 is 29.9 Å². The van der Waals surface area contributed by atoms with E-state index in [4.69, 9.17) is 14.7 Å². The lowest BCUT2D eigenvalue weighted by atomic mass is 9.92. The van der Waals surface area contributed by atoms with Crippen LogP contribution in [-0.4, -0.2) is 77.9 Å². The number of anilines is 2. The zero-order valence-electron chi connectivity index (χ0n) is 21.6. The number of piperidine rings is 2. The number of nitrogens with zero attached hydrogens (tertiary/aromatic N) is 5. The third kappa shape index (κ3) is 4.26. The van der Waals surface area contributed by atoms with Crippen LogP contribution < -0.4 is 19.9 Å². The quantitative estimate of drug-likeness (QED) is 0.553. The van der Waals surface area contributed by atoms with Gasteiger partial charge in [-0.3, -0.25) is 0 Å². The third-order valence-electron chi connectivity index (χ3n) is 8.88. The first-order chi connectivity index (χ1) is 18.1. The predicted octanol–water partition coefficient (Wildman–Crippen LogP) is 3.31. The van der Waals surface area contributed by atoms with Crippen molar-refractivity contribution >= 4 is 22.3 Å². The number of phenols is 1. The molecular weight excluding hydrogens is 464 g/mol. The number of rotatable bonds is 5. The van der Waals surface area contributed by atoms with Gasteiger partial charge >= 0.3 is 6.01 Å². The Morgan fingerprint density at radius 2 is 2.03 bits per heavy atom. The van der Waals surface area contributed by atoms with Gasteiger partial charge in [0.25, 0.3) is 0 Å². The Morgan fingerprint density at radius 1 is 1.11 bits per heavy atom. The molecule has 5 aliphatic heterocycles. The van der Waals surface area contributed by atoms with Crippen LogP contribution in [0.15, 0.2) is 36.4 Å². The Morgan fingerprint density at radius 3 is 2.81 bits per heavy atom. The summed E-state index contributed by atoms with van der Waals surface area (Å²) in [6.07, 6.45) is 5.71. The Labute approximate surface area is 218 Å². The highest BCUT2D eigenvalue weighted by atomic mass is 16.5. The molecule has 2 unspecified atom stereocenters. The number of benzene rings is 2. The largest absolute Gasteiger partial charge is 0.508 e. The predicted molar refractivity (Wildman–Crippen MR) is 146 cm³/mol. The van der Waals surface area contributed by atoms with Crippen molar-refractivity contribution in [1.29, 1.82) is 0 Å².